The van der Waals surface area contributed by atoms with Gasteiger partial charge in [-0.15, -0.1) is 0 Å². The van der Waals surface area contributed by atoms with Gasteiger partial charge >= 0.3 is 17.9 Å². The van der Waals surface area contributed by atoms with Gasteiger partial charge in [-0.25, -0.2) is 0 Å². The van der Waals surface area contributed by atoms with Crippen LogP contribution in [0.2, 0.25) is 0 Å². The molecule has 6 saturated carbocycles. The Labute approximate surface area is 601 Å². The van der Waals surface area contributed by atoms with Crippen molar-refractivity contribution in [3.63, 3.8) is 0 Å². The van der Waals surface area contributed by atoms with Crippen molar-refractivity contribution in [2.45, 2.75) is 351 Å². The zero-order valence-electron chi connectivity index (χ0n) is 64.5. The Morgan fingerprint density at radius 3 is 0.556 bits per heavy atom. The summed E-state index contributed by atoms with van der Waals surface area (Å²) in [5.41, 5.74) is -2.03. The van der Waals surface area contributed by atoms with Gasteiger partial charge in [-0.05, 0) is 247 Å². The Morgan fingerprint density at radius 1 is 0.263 bits per heavy atom. The van der Waals surface area contributed by atoms with Gasteiger partial charge in [-0.2, -0.15) is 0 Å². The molecule has 12 N–H and O–H groups in total. The van der Waals surface area contributed by atoms with E-state index in [9.17, 15) is 75.7 Å². The second-order valence-corrected chi connectivity index (χ2v) is 37.1. The summed E-state index contributed by atoms with van der Waals surface area (Å²) in [7, 11) is 0. The van der Waals surface area contributed by atoms with Gasteiger partial charge in [0.25, 0.3) is 0 Å². The highest BCUT2D eigenvalue weighted by Gasteiger charge is 2.40. The molecule has 6 rings (SSSR count). The van der Waals surface area contributed by atoms with Crippen LogP contribution in [0.25, 0.3) is 0 Å². The predicted octanol–water partition coefficient (Wildman–Crippen LogP) is 16.7. The maximum Gasteiger partial charge on any atom is 0.309 e. The molecule has 0 heterocycles. The second-order valence-electron chi connectivity index (χ2n) is 37.1. The van der Waals surface area contributed by atoms with Crippen LogP contribution < -0.4 is 0 Å². The van der Waals surface area contributed by atoms with Crippen molar-refractivity contribution in [3.05, 3.63) is 36.5 Å². The smallest absolute Gasteiger partial charge is 0.309 e. The zero-order chi connectivity index (χ0) is 73.9. The van der Waals surface area contributed by atoms with Gasteiger partial charge in [-0.3, -0.25) is 14.4 Å². The largest absolute Gasteiger partial charge is 0.481 e. The summed E-state index contributed by atoms with van der Waals surface area (Å²) in [5, 5.41) is 121. The van der Waals surface area contributed by atoms with Crippen LogP contribution in [0.3, 0.4) is 0 Å². The quantitative estimate of drug-likeness (QED) is 0.0200. The van der Waals surface area contributed by atoms with E-state index in [4.69, 9.17) is 0 Å². The van der Waals surface area contributed by atoms with Crippen molar-refractivity contribution in [2.24, 2.45) is 104 Å². The van der Waals surface area contributed by atoms with E-state index in [-0.39, 0.29) is 120 Å². The summed E-state index contributed by atoms with van der Waals surface area (Å²) in [6.07, 6.45) is 46.9. The van der Waals surface area contributed by atoms with Crippen LogP contribution in [-0.4, -0.2) is 136 Å². The fourth-order valence-corrected chi connectivity index (χ4v) is 17.1. The molecule has 99 heavy (non-hydrogen) atoms. The van der Waals surface area contributed by atoms with E-state index in [0.29, 0.717) is 42.9 Å². The maximum absolute atomic E-state index is 11.2. The first-order chi connectivity index (χ1) is 46.4. The molecule has 0 amide bonds. The third kappa shape index (κ3) is 30.3. The number of unbranched alkanes of at least 4 members (excludes halogenated alkanes) is 6. The van der Waals surface area contributed by atoms with Gasteiger partial charge in [0, 0.05) is 55.3 Å². The predicted molar refractivity (Wildman–Crippen MR) is 398 cm³/mol. The van der Waals surface area contributed by atoms with Crippen LogP contribution >= 0.6 is 0 Å². The van der Waals surface area contributed by atoms with Crippen LogP contribution in [0.4, 0.5) is 0 Å². The van der Waals surface area contributed by atoms with Gasteiger partial charge < -0.3 is 61.3 Å². The summed E-state index contributed by atoms with van der Waals surface area (Å²) in [4.78, 5) is 33.7. The molecule has 18 atom stereocenters. The number of hydrogen-bond acceptors (Lipinski definition) is 12. The van der Waals surface area contributed by atoms with Crippen molar-refractivity contribution in [2.75, 3.05) is 19.8 Å². The van der Waals surface area contributed by atoms with E-state index in [0.717, 1.165) is 212 Å². The fourth-order valence-electron chi connectivity index (χ4n) is 17.1. The highest BCUT2D eigenvalue weighted by Crippen LogP contribution is 2.44. The third-order valence-corrected chi connectivity index (χ3v) is 25.5. The summed E-state index contributed by atoms with van der Waals surface area (Å²) in [5.74, 6) is 0.910. The van der Waals surface area contributed by atoms with E-state index < -0.39 is 34.2 Å². The summed E-state index contributed by atoms with van der Waals surface area (Å²) in [6, 6.07) is 0. The first kappa shape index (κ1) is 88.7. The lowest BCUT2D eigenvalue weighted by Gasteiger charge is -2.23. The molecule has 0 aromatic rings. The maximum atomic E-state index is 11.2. The third-order valence-electron chi connectivity index (χ3n) is 25.5. The second kappa shape index (κ2) is 42.4. The number of aliphatic hydroxyl groups is 9. The normalized spacial score (nSPS) is 31.0. The minimum Gasteiger partial charge on any atom is -0.481 e. The number of carbonyl (C=O) groups is 3. The number of aliphatic carboxylic acids is 3. The van der Waals surface area contributed by atoms with Gasteiger partial charge in [0.1, 0.15) is 0 Å². The molecule has 576 valence electrons. The van der Waals surface area contributed by atoms with E-state index >= 15 is 0 Å². The lowest BCUT2D eigenvalue weighted by Crippen LogP contribution is -2.24. The van der Waals surface area contributed by atoms with Gasteiger partial charge in [0.2, 0.25) is 0 Å². The first-order valence-electron chi connectivity index (χ1n) is 40.1. The average molecular weight is 1400 g/mol. The van der Waals surface area contributed by atoms with Crippen LogP contribution in [0.15, 0.2) is 36.5 Å². The lowest BCUT2D eigenvalue weighted by atomic mass is 9.85. The van der Waals surface area contributed by atoms with E-state index in [1.54, 1.807) is 41.5 Å². The number of hydrogen-bond donors (Lipinski definition) is 12. The fraction of sp³-hybridized carbons (Fsp3) is 0.893. The number of carboxylic acid groups (broad SMARTS) is 3. The van der Waals surface area contributed by atoms with Crippen molar-refractivity contribution in [1.82, 2.24) is 0 Å². The number of rotatable bonds is 42. The molecule has 18 unspecified atom stereocenters. The molecule has 0 radical (unpaired) electrons. The highest BCUT2D eigenvalue weighted by molar-refractivity contribution is 5.74. The van der Waals surface area contributed by atoms with Gasteiger partial charge in [0.05, 0.1) is 52.9 Å². The minimum absolute atomic E-state index is 0.00535. The van der Waals surface area contributed by atoms with Crippen molar-refractivity contribution in [3.8, 4) is 0 Å². The van der Waals surface area contributed by atoms with Crippen LogP contribution in [0.5, 0.6) is 0 Å². The first-order valence-corrected chi connectivity index (χ1v) is 40.1. The van der Waals surface area contributed by atoms with Crippen LogP contribution in [-0.2, 0) is 14.4 Å². The Kier molecular flexibility index (Phi) is 38.0. The Morgan fingerprint density at radius 2 is 0.414 bits per heavy atom. The molecular formula is C84H150O15. The zero-order valence-corrected chi connectivity index (χ0v) is 64.5. The molecule has 0 aliphatic heterocycles. The van der Waals surface area contributed by atoms with Crippen LogP contribution in [0, 0.1) is 104 Å². The summed E-state index contributed by atoms with van der Waals surface area (Å²) in [6.45, 7) is 24.0. The average Bonchev–Trinajstić information content (AvgIpc) is 1.73. The molecule has 0 aromatic carbocycles. The molecule has 6 aliphatic carbocycles. The molecule has 6 aliphatic rings. The highest BCUT2D eigenvalue weighted by atomic mass is 16.4. The van der Waals surface area contributed by atoms with Crippen molar-refractivity contribution < 1.29 is 75.7 Å². The number of carboxylic acids is 3. The van der Waals surface area contributed by atoms with Gasteiger partial charge in [-0.1, -0.05) is 155 Å². The van der Waals surface area contributed by atoms with Crippen molar-refractivity contribution >= 4 is 17.9 Å². The Bertz CT molecular complexity index is 2280. The Hall–Kier alpha value is -2.73. The number of aliphatic hydroxyl groups excluding tert-OH is 9. The SMILES string of the molecule is CC(C)(CCCCC1CCC(/C=C\C2CCC(CCCCC(C)(C)C(=O)O)C2O)C1O)C(=O)O.CC(C)(CO)CCCCC1CCC(/C=C\C2CCC(CCCCC(C)(C)C(=O)O)C2O)C1O.CC(C)(CO)CCCCC1CCC(/C=C\C2CCC(CCCCC(C)(C)CO)C2O)C1O. The van der Waals surface area contributed by atoms with Gasteiger partial charge in [0.15, 0.2) is 0 Å². The molecule has 15 nitrogen and oxygen atoms in total. The topological polar surface area (TPSA) is 294 Å². The standard InChI is InChI=1S/C28H48O6.C28H50O5.C28H52O4/c1-27(2,25(31)32)17-7-5-9-19-11-13-21(23(19)29)15-16-22-14-12-20(24(22)30)10-6-8-18-28(3,4)26(33)34;1-27(2,19-29)17-7-5-9-20-11-13-22(24(20)30)15-16-23-14-12-21(25(23)31)10-6-8-18-28(3,4)26(32)33;1-27(2,19-29)17-7-5-9-21-11-13-23(25(21)31)15-16-24-14-12-22(26(24)32)10-6-8-18-28(3,4)20-30/h15-16,19-24,29-30H,5-14,17-18H2,1-4H3,(H,31,32)(H,33,34);15-16,20-25,29-31H,5-14,17-19H2,1-4H3,(H,32,33);15-16,21-26,29-32H,5-14,17-20H2,1-4H3/b3*16-15-. The molecule has 0 saturated heterocycles. The summed E-state index contributed by atoms with van der Waals surface area (Å²) < 4.78 is 0. The van der Waals surface area contributed by atoms with Crippen LogP contribution in [0.1, 0.15) is 314 Å². The molecular weight excluding hydrogens is 1250 g/mol. The molecule has 0 spiro atoms. The van der Waals surface area contributed by atoms with E-state index in [2.05, 4.69) is 78.0 Å². The molecule has 0 bridgehead atoms. The molecule has 15 heteroatoms. The van der Waals surface area contributed by atoms with Crippen molar-refractivity contribution in [1.29, 1.82) is 0 Å². The Balaban J connectivity index is 0.000000315. The summed E-state index contributed by atoms with van der Waals surface area (Å²) >= 11 is 0. The lowest BCUT2D eigenvalue weighted by molar-refractivity contribution is -0.148. The molecule has 0 aromatic heterocycles. The molecule has 6 fully saturated rings. The van der Waals surface area contributed by atoms with E-state index in [1.165, 1.54) is 0 Å². The monoisotopic (exact) mass is 1400 g/mol. The van der Waals surface area contributed by atoms with E-state index in [1.807, 2.05) is 0 Å². The minimum atomic E-state index is -0.753.